The zero-order chi connectivity index (χ0) is 39.1. The number of methoxy groups -OCH3 is 2. The lowest BCUT2D eigenvalue weighted by atomic mass is 10.0. The second-order valence-corrected chi connectivity index (χ2v) is 14.4. The average Bonchev–Trinajstić information content (AvgIpc) is 3.17. The molecule has 0 amide bonds. The van der Waals surface area contributed by atoms with E-state index >= 15 is 0 Å². The Bertz CT molecular complexity index is 1270. The van der Waals surface area contributed by atoms with Crippen LogP contribution in [0.3, 0.4) is 0 Å². The van der Waals surface area contributed by atoms with E-state index in [2.05, 4.69) is 6.92 Å². The minimum absolute atomic E-state index is 0.00147. The highest BCUT2D eigenvalue weighted by Crippen LogP contribution is 2.28. The molecule has 2 rings (SSSR count). The van der Waals surface area contributed by atoms with Gasteiger partial charge in [-0.3, -0.25) is 0 Å². The summed E-state index contributed by atoms with van der Waals surface area (Å²) >= 11 is 0. The van der Waals surface area contributed by atoms with Gasteiger partial charge in [0, 0.05) is 18.6 Å². The Hall–Kier alpha value is -3.94. The van der Waals surface area contributed by atoms with Crippen LogP contribution in [0.15, 0.2) is 48.6 Å². The molecule has 2 aromatic rings. The van der Waals surface area contributed by atoms with Crippen LogP contribution in [0.1, 0.15) is 172 Å². The number of hydrogen-bond acceptors (Lipinski definition) is 8. The number of phenolic OH excluding ortho intramolecular Hbond substituents is 2. The standard InChI is InChI=1S/C46H70O8/c1-4-5-6-7-8-9-10-11-12-13-14-15-16-17-18-19-20-21-22-23-24-25-26-27-46(53-44(49)34-30-38-28-32-40(47)42(36-38)51-2)54-45(50)35-31-39-29-33-41(48)43(37-39)52-3/h28-37,46-48H,4-27H2,1-3H3. The second kappa shape index (κ2) is 30.4. The number of phenols is 2. The van der Waals surface area contributed by atoms with Crippen LogP contribution in [0.25, 0.3) is 12.2 Å². The van der Waals surface area contributed by atoms with Gasteiger partial charge in [0.1, 0.15) is 0 Å². The SMILES string of the molecule is CCCCCCCCCCCCCCCCCCCCCCCCCC(OC(=O)C=Cc1ccc(O)c(OC)c1)OC(=O)C=Cc1ccc(O)c(OC)c1. The molecule has 2 aromatic carbocycles. The number of carbonyl (C=O) groups is 2. The Morgan fingerprint density at radius 2 is 0.833 bits per heavy atom. The van der Waals surface area contributed by atoms with E-state index in [4.69, 9.17) is 18.9 Å². The van der Waals surface area contributed by atoms with Crippen molar-refractivity contribution < 1.29 is 38.7 Å². The molecule has 0 radical (unpaired) electrons. The largest absolute Gasteiger partial charge is 0.504 e. The highest BCUT2D eigenvalue weighted by atomic mass is 16.7. The van der Waals surface area contributed by atoms with Crippen LogP contribution in [0.4, 0.5) is 0 Å². The van der Waals surface area contributed by atoms with Crippen LogP contribution in [0, 0.1) is 0 Å². The van der Waals surface area contributed by atoms with Gasteiger partial charge in [-0.1, -0.05) is 160 Å². The molecule has 54 heavy (non-hydrogen) atoms. The van der Waals surface area contributed by atoms with E-state index < -0.39 is 18.2 Å². The molecule has 8 heteroatoms. The highest BCUT2D eigenvalue weighted by Gasteiger charge is 2.17. The first-order valence-corrected chi connectivity index (χ1v) is 20.9. The number of hydrogen-bond donors (Lipinski definition) is 2. The topological polar surface area (TPSA) is 112 Å². The molecule has 0 aromatic heterocycles. The van der Waals surface area contributed by atoms with Crippen molar-refractivity contribution in [3.63, 3.8) is 0 Å². The molecule has 8 nitrogen and oxygen atoms in total. The predicted octanol–water partition coefficient (Wildman–Crippen LogP) is 12.6. The number of rotatable bonds is 32. The number of benzene rings is 2. The summed E-state index contributed by atoms with van der Waals surface area (Å²) < 4.78 is 21.3. The molecule has 0 saturated carbocycles. The first-order chi connectivity index (χ1) is 26.4. The molecule has 0 aliphatic rings. The molecule has 0 spiro atoms. The quantitative estimate of drug-likeness (QED) is 0.0329. The van der Waals surface area contributed by atoms with E-state index in [1.807, 2.05) is 0 Å². The Morgan fingerprint density at radius 1 is 0.519 bits per heavy atom. The normalized spacial score (nSPS) is 12.0. The van der Waals surface area contributed by atoms with Crippen LogP contribution in [0.5, 0.6) is 23.0 Å². The van der Waals surface area contributed by atoms with Gasteiger partial charge in [0.15, 0.2) is 23.0 Å². The average molecular weight is 751 g/mol. The molecule has 2 N–H and O–H groups in total. The molecular weight excluding hydrogens is 680 g/mol. The van der Waals surface area contributed by atoms with Crippen molar-refractivity contribution in [1.29, 1.82) is 0 Å². The van der Waals surface area contributed by atoms with Gasteiger partial charge in [-0.15, -0.1) is 0 Å². The number of esters is 2. The lowest BCUT2D eigenvalue weighted by molar-refractivity contribution is -0.181. The molecule has 0 bridgehead atoms. The van der Waals surface area contributed by atoms with E-state index in [0.717, 1.165) is 19.3 Å². The van der Waals surface area contributed by atoms with Gasteiger partial charge in [0.05, 0.1) is 14.2 Å². The van der Waals surface area contributed by atoms with Crippen molar-refractivity contribution in [2.24, 2.45) is 0 Å². The van der Waals surface area contributed by atoms with Gasteiger partial charge in [-0.25, -0.2) is 9.59 Å². The van der Waals surface area contributed by atoms with Gasteiger partial charge in [0.2, 0.25) is 6.29 Å². The van der Waals surface area contributed by atoms with E-state index in [0.29, 0.717) is 17.5 Å². The third kappa shape index (κ3) is 22.3. The molecule has 0 saturated heterocycles. The molecule has 0 unspecified atom stereocenters. The number of carbonyl (C=O) groups excluding carboxylic acids is 2. The Balaban J connectivity index is 1.62. The number of unbranched alkanes of at least 4 members (excludes halogenated alkanes) is 22. The number of ether oxygens (including phenoxy) is 4. The lowest BCUT2D eigenvalue weighted by Gasteiger charge is -2.17. The van der Waals surface area contributed by atoms with Gasteiger partial charge >= 0.3 is 11.9 Å². The predicted molar refractivity (Wildman–Crippen MR) is 220 cm³/mol. The summed E-state index contributed by atoms with van der Waals surface area (Å²) in [5, 5.41) is 19.7. The molecule has 0 atom stereocenters. The van der Waals surface area contributed by atoms with Crippen molar-refractivity contribution in [2.45, 2.75) is 167 Å². The minimum atomic E-state index is -1.04. The first-order valence-electron chi connectivity index (χ1n) is 20.9. The molecule has 0 fully saturated rings. The summed E-state index contributed by atoms with van der Waals surface area (Å²) in [5.41, 5.74) is 1.27. The van der Waals surface area contributed by atoms with Gasteiger partial charge in [0.25, 0.3) is 0 Å². The summed E-state index contributed by atoms with van der Waals surface area (Å²) in [5.74, 6) is -0.731. The lowest BCUT2D eigenvalue weighted by Crippen LogP contribution is -2.23. The zero-order valence-corrected chi connectivity index (χ0v) is 33.7. The summed E-state index contributed by atoms with van der Waals surface area (Å²) in [6, 6.07) is 9.44. The smallest absolute Gasteiger partial charge is 0.333 e. The third-order valence-electron chi connectivity index (χ3n) is 9.77. The van der Waals surface area contributed by atoms with Crippen LogP contribution in [-0.4, -0.2) is 42.7 Å². The van der Waals surface area contributed by atoms with Crippen LogP contribution < -0.4 is 9.47 Å². The maximum absolute atomic E-state index is 12.7. The van der Waals surface area contributed by atoms with E-state index in [-0.39, 0.29) is 23.0 Å². The Labute approximate surface area is 326 Å². The van der Waals surface area contributed by atoms with Crippen molar-refractivity contribution in [2.75, 3.05) is 14.2 Å². The fraction of sp³-hybridized carbons (Fsp3) is 0.609. The van der Waals surface area contributed by atoms with Crippen LogP contribution >= 0.6 is 0 Å². The third-order valence-corrected chi connectivity index (χ3v) is 9.77. The molecular formula is C46H70O8. The van der Waals surface area contributed by atoms with E-state index in [9.17, 15) is 19.8 Å². The van der Waals surface area contributed by atoms with Crippen molar-refractivity contribution in [1.82, 2.24) is 0 Å². The molecule has 302 valence electrons. The summed E-state index contributed by atoms with van der Waals surface area (Å²) in [6.45, 7) is 2.28. The van der Waals surface area contributed by atoms with Crippen LogP contribution in [-0.2, 0) is 19.1 Å². The van der Waals surface area contributed by atoms with Crippen LogP contribution in [0.2, 0.25) is 0 Å². The van der Waals surface area contributed by atoms with E-state index in [1.165, 1.54) is 167 Å². The van der Waals surface area contributed by atoms with Crippen molar-refractivity contribution in [3.05, 3.63) is 59.7 Å². The van der Waals surface area contributed by atoms with Crippen molar-refractivity contribution in [3.8, 4) is 23.0 Å². The highest BCUT2D eigenvalue weighted by molar-refractivity contribution is 5.89. The van der Waals surface area contributed by atoms with E-state index in [1.54, 1.807) is 36.4 Å². The Morgan fingerprint density at radius 3 is 1.15 bits per heavy atom. The van der Waals surface area contributed by atoms with Gasteiger partial charge in [-0.2, -0.15) is 0 Å². The molecule has 0 aliphatic heterocycles. The number of aromatic hydroxyl groups is 2. The zero-order valence-electron chi connectivity index (χ0n) is 33.7. The summed E-state index contributed by atoms with van der Waals surface area (Å²) in [4.78, 5) is 25.4. The second-order valence-electron chi connectivity index (χ2n) is 14.4. The van der Waals surface area contributed by atoms with Gasteiger partial charge < -0.3 is 29.2 Å². The fourth-order valence-corrected chi connectivity index (χ4v) is 6.50. The minimum Gasteiger partial charge on any atom is -0.504 e. The summed E-state index contributed by atoms with van der Waals surface area (Å²) in [7, 11) is 2.90. The first kappa shape index (κ1) is 46.2. The maximum Gasteiger partial charge on any atom is 0.333 e. The maximum atomic E-state index is 12.7. The molecule has 0 heterocycles. The Kier molecular flexibility index (Phi) is 26.0. The van der Waals surface area contributed by atoms with Gasteiger partial charge in [-0.05, 0) is 54.0 Å². The van der Waals surface area contributed by atoms with Crippen molar-refractivity contribution >= 4 is 24.1 Å². The monoisotopic (exact) mass is 751 g/mol. The fourth-order valence-electron chi connectivity index (χ4n) is 6.50. The molecule has 0 aliphatic carbocycles. The summed E-state index contributed by atoms with van der Waals surface area (Å²) in [6.07, 6.45) is 35.1.